The van der Waals surface area contributed by atoms with Crippen LogP contribution in [-0.2, 0) is 6.54 Å². The van der Waals surface area contributed by atoms with Crippen molar-refractivity contribution in [2.45, 2.75) is 12.6 Å². The van der Waals surface area contributed by atoms with Crippen molar-refractivity contribution >= 4 is 15.9 Å². The van der Waals surface area contributed by atoms with Crippen molar-refractivity contribution in [2.75, 3.05) is 13.7 Å². The first-order valence-corrected chi connectivity index (χ1v) is 7.26. The Morgan fingerprint density at radius 1 is 1.20 bits per heavy atom. The Labute approximate surface area is 127 Å². The van der Waals surface area contributed by atoms with Gasteiger partial charge in [-0.2, -0.15) is 0 Å². The highest BCUT2D eigenvalue weighted by atomic mass is 79.9. The number of ether oxygens (including phenoxy) is 1. The molecule has 0 aromatic heterocycles. The standard InChI is InChI=1S/C16H18BrNO2/c1-20-16-8-3-2-5-13(16)10-18-11-15(19)12-6-4-7-14(17)9-12/h2-9,15,18-19H,10-11H2,1H3/t15-/m1/s1. The summed E-state index contributed by atoms with van der Waals surface area (Å²) in [5.74, 6) is 0.858. The van der Waals surface area contributed by atoms with E-state index in [1.165, 1.54) is 0 Å². The number of hydrogen-bond acceptors (Lipinski definition) is 3. The van der Waals surface area contributed by atoms with Crippen LogP contribution in [0.4, 0.5) is 0 Å². The predicted octanol–water partition coefficient (Wildman–Crippen LogP) is 3.28. The van der Waals surface area contributed by atoms with Gasteiger partial charge in [0.1, 0.15) is 5.75 Å². The van der Waals surface area contributed by atoms with Gasteiger partial charge < -0.3 is 15.2 Å². The van der Waals surface area contributed by atoms with E-state index in [1.807, 2.05) is 48.5 Å². The van der Waals surface area contributed by atoms with Gasteiger partial charge in [-0.3, -0.25) is 0 Å². The molecule has 0 aliphatic rings. The minimum absolute atomic E-state index is 0.495. The molecule has 1 atom stereocenters. The highest BCUT2D eigenvalue weighted by Gasteiger charge is 2.08. The molecule has 0 bridgehead atoms. The summed E-state index contributed by atoms with van der Waals surface area (Å²) in [6, 6.07) is 15.6. The second-order valence-corrected chi connectivity index (χ2v) is 5.43. The number of benzene rings is 2. The molecule has 0 saturated carbocycles. The van der Waals surface area contributed by atoms with Gasteiger partial charge in [-0.05, 0) is 23.8 Å². The minimum atomic E-state index is -0.526. The molecule has 0 amide bonds. The molecular weight excluding hydrogens is 318 g/mol. The van der Waals surface area contributed by atoms with E-state index in [0.717, 1.165) is 21.3 Å². The van der Waals surface area contributed by atoms with E-state index in [2.05, 4.69) is 21.2 Å². The fourth-order valence-electron chi connectivity index (χ4n) is 2.02. The van der Waals surface area contributed by atoms with Crippen molar-refractivity contribution in [3.8, 4) is 5.75 Å². The van der Waals surface area contributed by atoms with Crippen molar-refractivity contribution in [1.29, 1.82) is 0 Å². The maximum atomic E-state index is 10.1. The smallest absolute Gasteiger partial charge is 0.123 e. The number of hydrogen-bond donors (Lipinski definition) is 2. The van der Waals surface area contributed by atoms with Crippen LogP contribution in [0.15, 0.2) is 53.0 Å². The van der Waals surface area contributed by atoms with Gasteiger partial charge in [-0.1, -0.05) is 46.3 Å². The van der Waals surface area contributed by atoms with Crippen molar-refractivity contribution in [2.24, 2.45) is 0 Å². The summed E-state index contributed by atoms with van der Waals surface area (Å²) in [4.78, 5) is 0. The highest BCUT2D eigenvalue weighted by Crippen LogP contribution is 2.19. The van der Waals surface area contributed by atoms with Crippen LogP contribution in [0.25, 0.3) is 0 Å². The summed E-state index contributed by atoms with van der Waals surface area (Å²) in [5.41, 5.74) is 1.98. The van der Waals surface area contributed by atoms with E-state index in [4.69, 9.17) is 4.74 Å². The van der Waals surface area contributed by atoms with Gasteiger partial charge in [0.2, 0.25) is 0 Å². The number of nitrogens with one attached hydrogen (secondary N) is 1. The first kappa shape index (κ1) is 15.0. The normalized spacial score (nSPS) is 12.2. The second-order valence-electron chi connectivity index (χ2n) is 4.51. The fourth-order valence-corrected chi connectivity index (χ4v) is 2.44. The number of para-hydroxylation sites is 1. The zero-order chi connectivity index (χ0) is 14.4. The van der Waals surface area contributed by atoms with Crippen LogP contribution in [0.5, 0.6) is 5.75 Å². The van der Waals surface area contributed by atoms with Gasteiger partial charge in [-0.25, -0.2) is 0 Å². The third-order valence-corrected chi connectivity index (χ3v) is 3.57. The summed E-state index contributed by atoms with van der Waals surface area (Å²) >= 11 is 3.41. The summed E-state index contributed by atoms with van der Waals surface area (Å²) < 4.78 is 6.27. The fraction of sp³-hybridized carbons (Fsp3) is 0.250. The van der Waals surface area contributed by atoms with E-state index in [0.29, 0.717) is 13.1 Å². The monoisotopic (exact) mass is 335 g/mol. The maximum absolute atomic E-state index is 10.1. The van der Waals surface area contributed by atoms with Gasteiger partial charge in [0.05, 0.1) is 13.2 Å². The number of aliphatic hydroxyl groups excluding tert-OH is 1. The molecule has 106 valence electrons. The molecule has 0 fully saturated rings. The quantitative estimate of drug-likeness (QED) is 0.851. The lowest BCUT2D eigenvalue weighted by molar-refractivity contribution is 0.174. The van der Waals surface area contributed by atoms with Crippen LogP contribution in [0, 0.1) is 0 Å². The number of methoxy groups -OCH3 is 1. The molecule has 0 aliphatic carbocycles. The summed E-state index contributed by atoms with van der Waals surface area (Å²) in [6.45, 7) is 1.16. The predicted molar refractivity (Wildman–Crippen MR) is 83.8 cm³/mol. The molecule has 2 aromatic rings. The van der Waals surface area contributed by atoms with Gasteiger partial charge >= 0.3 is 0 Å². The van der Waals surface area contributed by atoms with Crippen LogP contribution >= 0.6 is 15.9 Å². The van der Waals surface area contributed by atoms with Gasteiger partial charge in [0, 0.05) is 23.1 Å². The Bertz CT molecular complexity index is 560. The van der Waals surface area contributed by atoms with Gasteiger partial charge in [0.25, 0.3) is 0 Å². The zero-order valence-corrected chi connectivity index (χ0v) is 12.9. The first-order chi connectivity index (χ1) is 9.70. The van der Waals surface area contributed by atoms with E-state index in [9.17, 15) is 5.11 Å². The van der Waals surface area contributed by atoms with Crippen LogP contribution in [0.2, 0.25) is 0 Å². The van der Waals surface area contributed by atoms with Crippen molar-refractivity contribution in [3.05, 3.63) is 64.1 Å². The summed E-state index contributed by atoms with van der Waals surface area (Å²) in [6.07, 6.45) is -0.526. The molecule has 2 rings (SSSR count). The lowest BCUT2D eigenvalue weighted by Crippen LogP contribution is -2.21. The number of aliphatic hydroxyl groups is 1. The molecule has 2 aromatic carbocycles. The van der Waals surface area contributed by atoms with E-state index in [-0.39, 0.29) is 0 Å². The highest BCUT2D eigenvalue weighted by molar-refractivity contribution is 9.10. The second kappa shape index (κ2) is 7.43. The van der Waals surface area contributed by atoms with Crippen molar-refractivity contribution < 1.29 is 9.84 Å². The van der Waals surface area contributed by atoms with Crippen molar-refractivity contribution in [1.82, 2.24) is 5.32 Å². The van der Waals surface area contributed by atoms with Crippen molar-refractivity contribution in [3.63, 3.8) is 0 Å². The molecule has 0 heterocycles. The topological polar surface area (TPSA) is 41.5 Å². The molecule has 0 spiro atoms. The Kier molecular flexibility index (Phi) is 5.59. The van der Waals surface area contributed by atoms with Crippen LogP contribution in [-0.4, -0.2) is 18.8 Å². The maximum Gasteiger partial charge on any atom is 0.123 e. The SMILES string of the molecule is COc1ccccc1CNC[C@@H](O)c1cccc(Br)c1. The third kappa shape index (κ3) is 4.07. The van der Waals surface area contributed by atoms with E-state index in [1.54, 1.807) is 7.11 Å². The van der Waals surface area contributed by atoms with Gasteiger partial charge in [0.15, 0.2) is 0 Å². The first-order valence-electron chi connectivity index (χ1n) is 6.47. The Morgan fingerprint density at radius 2 is 2.00 bits per heavy atom. The van der Waals surface area contributed by atoms with Crippen LogP contribution in [0.1, 0.15) is 17.2 Å². The van der Waals surface area contributed by atoms with E-state index < -0.39 is 6.10 Å². The molecule has 0 saturated heterocycles. The Hall–Kier alpha value is -1.36. The Balaban J connectivity index is 1.89. The third-order valence-electron chi connectivity index (χ3n) is 3.08. The molecular formula is C16H18BrNO2. The summed E-state index contributed by atoms with van der Waals surface area (Å²) in [7, 11) is 1.66. The molecule has 2 N–H and O–H groups in total. The Morgan fingerprint density at radius 3 is 2.75 bits per heavy atom. The van der Waals surface area contributed by atoms with Crippen LogP contribution in [0.3, 0.4) is 0 Å². The zero-order valence-electron chi connectivity index (χ0n) is 11.3. The number of rotatable bonds is 6. The molecule has 0 unspecified atom stereocenters. The largest absolute Gasteiger partial charge is 0.496 e. The molecule has 0 aliphatic heterocycles. The van der Waals surface area contributed by atoms with Crippen LogP contribution < -0.4 is 10.1 Å². The average Bonchev–Trinajstić information content (AvgIpc) is 2.47. The minimum Gasteiger partial charge on any atom is -0.496 e. The molecule has 4 heteroatoms. The van der Waals surface area contributed by atoms with E-state index >= 15 is 0 Å². The number of halogens is 1. The molecule has 0 radical (unpaired) electrons. The summed E-state index contributed by atoms with van der Waals surface area (Å²) in [5, 5.41) is 13.4. The average molecular weight is 336 g/mol. The lowest BCUT2D eigenvalue weighted by atomic mass is 10.1. The lowest BCUT2D eigenvalue weighted by Gasteiger charge is -2.14. The molecule has 3 nitrogen and oxygen atoms in total. The van der Waals surface area contributed by atoms with Gasteiger partial charge in [-0.15, -0.1) is 0 Å². The molecule has 20 heavy (non-hydrogen) atoms.